The summed E-state index contributed by atoms with van der Waals surface area (Å²) in [5.41, 5.74) is 0. The highest BCUT2D eigenvalue weighted by atomic mass is 15.3. The zero-order valence-electron chi connectivity index (χ0n) is 15.4. The molecule has 134 valence electrons. The van der Waals surface area contributed by atoms with E-state index in [2.05, 4.69) is 56.1 Å². The normalized spacial score (nSPS) is 25.1. The predicted octanol–water partition coefficient (Wildman–Crippen LogP) is 1.01. The first-order valence-electron chi connectivity index (χ1n) is 9.20. The molecular formula is C17H31N7. The van der Waals surface area contributed by atoms with Crippen LogP contribution in [0.25, 0.3) is 0 Å². The number of hydrogen-bond acceptors (Lipinski definition) is 4. The van der Waals surface area contributed by atoms with Gasteiger partial charge >= 0.3 is 0 Å². The topological polar surface area (TPSA) is 70.4 Å². The van der Waals surface area contributed by atoms with Crippen molar-refractivity contribution in [2.45, 2.75) is 65.2 Å². The molecule has 0 amide bonds. The third-order valence-corrected chi connectivity index (χ3v) is 5.27. The van der Waals surface area contributed by atoms with E-state index < -0.39 is 0 Å². The van der Waals surface area contributed by atoms with Gasteiger partial charge in [0.15, 0.2) is 11.8 Å². The minimum atomic E-state index is 0.436. The van der Waals surface area contributed by atoms with Crippen LogP contribution in [-0.4, -0.2) is 57.8 Å². The van der Waals surface area contributed by atoms with Gasteiger partial charge in [0, 0.05) is 45.2 Å². The summed E-state index contributed by atoms with van der Waals surface area (Å²) in [6.07, 6.45) is 3.49. The Morgan fingerprint density at radius 3 is 2.83 bits per heavy atom. The highest BCUT2D eigenvalue weighted by Crippen LogP contribution is 2.18. The van der Waals surface area contributed by atoms with Crippen molar-refractivity contribution in [1.82, 2.24) is 30.3 Å². The Morgan fingerprint density at radius 1 is 1.29 bits per heavy atom. The first-order valence-corrected chi connectivity index (χ1v) is 9.20. The molecule has 1 saturated heterocycles. The molecule has 0 bridgehead atoms. The van der Waals surface area contributed by atoms with Gasteiger partial charge in [-0.3, -0.25) is 9.89 Å². The molecule has 7 heteroatoms. The molecule has 2 aliphatic rings. The molecule has 0 spiro atoms. The molecule has 1 aromatic heterocycles. The number of nitrogens with zero attached hydrogens (tertiary/aromatic N) is 5. The second kappa shape index (κ2) is 7.51. The van der Waals surface area contributed by atoms with E-state index in [-0.39, 0.29) is 0 Å². The molecule has 24 heavy (non-hydrogen) atoms. The number of rotatable bonds is 4. The Balaban J connectivity index is 1.55. The van der Waals surface area contributed by atoms with Crippen molar-refractivity contribution in [2.24, 2.45) is 10.9 Å². The average molecular weight is 333 g/mol. The maximum absolute atomic E-state index is 4.39. The number of fused-ring (bicyclic) bond motifs is 1. The summed E-state index contributed by atoms with van der Waals surface area (Å²) in [7, 11) is 1.83. The molecule has 2 N–H and O–H groups in total. The van der Waals surface area contributed by atoms with Crippen molar-refractivity contribution >= 4 is 5.96 Å². The molecule has 0 aromatic carbocycles. The lowest BCUT2D eigenvalue weighted by Crippen LogP contribution is -2.46. The number of aliphatic imine (C=N–C) groups is 1. The van der Waals surface area contributed by atoms with Gasteiger partial charge in [0.25, 0.3) is 0 Å². The Labute approximate surface area is 144 Å². The van der Waals surface area contributed by atoms with Crippen LogP contribution in [-0.2, 0) is 19.5 Å². The van der Waals surface area contributed by atoms with Crippen LogP contribution >= 0.6 is 0 Å². The van der Waals surface area contributed by atoms with Crippen molar-refractivity contribution in [3.8, 4) is 0 Å². The van der Waals surface area contributed by atoms with Gasteiger partial charge in [-0.05, 0) is 32.6 Å². The van der Waals surface area contributed by atoms with E-state index in [1.54, 1.807) is 0 Å². The zero-order valence-corrected chi connectivity index (χ0v) is 15.4. The lowest BCUT2D eigenvalue weighted by atomic mass is 10.1. The van der Waals surface area contributed by atoms with E-state index in [4.69, 9.17) is 0 Å². The van der Waals surface area contributed by atoms with Gasteiger partial charge in [-0.15, -0.1) is 10.2 Å². The number of aryl methyl sites for hydroxylation is 1. The summed E-state index contributed by atoms with van der Waals surface area (Å²) in [5, 5.41) is 15.6. The van der Waals surface area contributed by atoms with Crippen LogP contribution in [0, 0.1) is 5.92 Å². The van der Waals surface area contributed by atoms with Crippen molar-refractivity contribution < 1.29 is 0 Å². The van der Waals surface area contributed by atoms with Gasteiger partial charge in [-0.1, -0.05) is 6.92 Å². The van der Waals surface area contributed by atoms with E-state index in [0.717, 1.165) is 43.7 Å². The first-order chi connectivity index (χ1) is 11.6. The molecule has 0 saturated carbocycles. The first kappa shape index (κ1) is 17.2. The van der Waals surface area contributed by atoms with Crippen LogP contribution in [0.15, 0.2) is 4.99 Å². The van der Waals surface area contributed by atoms with Crippen LogP contribution in [0.3, 0.4) is 0 Å². The molecule has 1 fully saturated rings. The summed E-state index contributed by atoms with van der Waals surface area (Å²) in [5.74, 6) is 3.60. The summed E-state index contributed by atoms with van der Waals surface area (Å²) >= 11 is 0. The fourth-order valence-corrected chi connectivity index (χ4v) is 3.65. The lowest BCUT2D eigenvalue weighted by Gasteiger charge is -2.22. The van der Waals surface area contributed by atoms with Crippen LogP contribution in [0.2, 0.25) is 0 Å². The molecule has 0 radical (unpaired) electrons. The highest BCUT2D eigenvalue weighted by molar-refractivity contribution is 5.80. The Morgan fingerprint density at radius 2 is 2.12 bits per heavy atom. The van der Waals surface area contributed by atoms with Crippen LogP contribution in [0.4, 0.5) is 0 Å². The molecule has 2 atom stereocenters. The van der Waals surface area contributed by atoms with Gasteiger partial charge in [0.05, 0.1) is 6.54 Å². The van der Waals surface area contributed by atoms with E-state index >= 15 is 0 Å². The monoisotopic (exact) mass is 333 g/mol. The molecule has 7 nitrogen and oxygen atoms in total. The van der Waals surface area contributed by atoms with Crippen LogP contribution in [0.1, 0.15) is 45.3 Å². The third kappa shape index (κ3) is 3.71. The minimum absolute atomic E-state index is 0.436. The second-order valence-electron chi connectivity index (χ2n) is 7.34. The SMILES string of the molecule is CN=C(NCc1nnc2n1CCCC2)NC1CN(C(C)C)CC1C. The minimum Gasteiger partial charge on any atom is -0.352 e. The molecule has 1 aromatic rings. The number of likely N-dealkylation sites (tertiary alicyclic amines) is 1. The molecule has 2 unspecified atom stereocenters. The molecule has 0 aliphatic carbocycles. The van der Waals surface area contributed by atoms with Gasteiger partial charge in [0.1, 0.15) is 5.82 Å². The summed E-state index contributed by atoms with van der Waals surface area (Å²) in [6, 6.07) is 1.03. The Bertz CT molecular complexity index is 577. The number of aromatic nitrogens is 3. The largest absolute Gasteiger partial charge is 0.352 e. The maximum Gasteiger partial charge on any atom is 0.191 e. The van der Waals surface area contributed by atoms with Crippen molar-refractivity contribution in [3.05, 3.63) is 11.6 Å². The van der Waals surface area contributed by atoms with Gasteiger partial charge < -0.3 is 15.2 Å². The Hall–Kier alpha value is -1.63. The fraction of sp³-hybridized carbons (Fsp3) is 0.824. The van der Waals surface area contributed by atoms with E-state index in [1.807, 2.05) is 7.05 Å². The number of nitrogens with one attached hydrogen (secondary N) is 2. The molecule has 3 heterocycles. The quantitative estimate of drug-likeness (QED) is 0.636. The molecular weight excluding hydrogens is 302 g/mol. The van der Waals surface area contributed by atoms with E-state index in [1.165, 1.54) is 12.8 Å². The maximum atomic E-state index is 4.39. The third-order valence-electron chi connectivity index (χ3n) is 5.27. The Kier molecular flexibility index (Phi) is 5.38. The second-order valence-corrected chi connectivity index (χ2v) is 7.34. The van der Waals surface area contributed by atoms with Crippen molar-refractivity contribution in [2.75, 3.05) is 20.1 Å². The van der Waals surface area contributed by atoms with Crippen molar-refractivity contribution in [1.29, 1.82) is 0 Å². The molecule has 3 rings (SSSR count). The predicted molar refractivity (Wildman–Crippen MR) is 96.0 cm³/mol. The summed E-state index contributed by atoms with van der Waals surface area (Å²) in [4.78, 5) is 6.90. The molecule has 2 aliphatic heterocycles. The summed E-state index contributed by atoms with van der Waals surface area (Å²) in [6.45, 7) is 10.7. The van der Waals surface area contributed by atoms with Crippen LogP contribution < -0.4 is 10.6 Å². The van der Waals surface area contributed by atoms with E-state index in [0.29, 0.717) is 24.5 Å². The standard InChI is InChI=1S/C17H31N7/c1-12(2)23-10-13(3)14(11-23)20-17(18-4)19-9-16-22-21-15-7-5-6-8-24(15)16/h12-14H,5-11H2,1-4H3,(H2,18,19,20). The van der Waals surface area contributed by atoms with Gasteiger partial charge in [-0.2, -0.15) is 0 Å². The highest BCUT2D eigenvalue weighted by Gasteiger charge is 2.31. The smallest absolute Gasteiger partial charge is 0.191 e. The van der Waals surface area contributed by atoms with E-state index in [9.17, 15) is 0 Å². The van der Waals surface area contributed by atoms with Crippen LogP contribution in [0.5, 0.6) is 0 Å². The number of guanidine groups is 1. The number of hydrogen-bond donors (Lipinski definition) is 2. The van der Waals surface area contributed by atoms with Gasteiger partial charge in [0.2, 0.25) is 0 Å². The average Bonchev–Trinajstić information content (AvgIpc) is 3.15. The van der Waals surface area contributed by atoms with Crippen molar-refractivity contribution in [3.63, 3.8) is 0 Å². The van der Waals surface area contributed by atoms with Gasteiger partial charge in [-0.25, -0.2) is 0 Å². The lowest BCUT2D eigenvalue weighted by molar-refractivity contribution is 0.265. The fourth-order valence-electron chi connectivity index (χ4n) is 3.65. The zero-order chi connectivity index (χ0) is 17.1. The summed E-state index contributed by atoms with van der Waals surface area (Å²) < 4.78 is 2.25.